The lowest BCUT2D eigenvalue weighted by atomic mass is 10.1. The Bertz CT molecular complexity index is 523. The van der Waals surface area contributed by atoms with E-state index in [4.69, 9.17) is 0 Å². The van der Waals surface area contributed by atoms with Crippen molar-refractivity contribution in [3.05, 3.63) is 35.9 Å². The number of imide groups is 1. The molecule has 0 saturated heterocycles. The maximum atomic E-state index is 12.1. The number of amides is 2. The number of nitrogens with zero attached hydrogens (tertiary/aromatic N) is 2. The minimum absolute atomic E-state index is 0.178. The van der Waals surface area contributed by atoms with Gasteiger partial charge in [-0.25, -0.2) is 0 Å². The molecule has 4 heteroatoms. The maximum Gasteiger partial charge on any atom is 0.256 e. The zero-order valence-corrected chi connectivity index (χ0v) is 12.5. The number of hydrogen-bond donors (Lipinski definition) is 0. The van der Waals surface area contributed by atoms with Gasteiger partial charge in [0, 0.05) is 6.42 Å². The van der Waals surface area contributed by atoms with E-state index in [1.54, 1.807) is 0 Å². The van der Waals surface area contributed by atoms with Crippen molar-refractivity contribution in [2.45, 2.75) is 51.9 Å². The van der Waals surface area contributed by atoms with Crippen LogP contribution in [0, 0.1) is 0 Å². The first kappa shape index (κ1) is 15.4. The molecular weight excluding hydrogens is 264 g/mol. The Morgan fingerprint density at radius 2 is 1.86 bits per heavy atom. The summed E-state index contributed by atoms with van der Waals surface area (Å²) < 4.78 is 0. The molecule has 4 nitrogen and oxygen atoms in total. The zero-order chi connectivity index (χ0) is 15.1. The van der Waals surface area contributed by atoms with Crippen molar-refractivity contribution in [2.24, 2.45) is 5.10 Å². The van der Waals surface area contributed by atoms with Crippen molar-refractivity contribution in [1.82, 2.24) is 5.01 Å². The van der Waals surface area contributed by atoms with Gasteiger partial charge in [-0.05, 0) is 12.0 Å². The first-order valence-corrected chi connectivity index (χ1v) is 7.71. The normalized spacial score (nSPS) is 14.4. The molecule has 0 N–H and O–H groups in total. The Morgan fingerprint density at radius 1 is 1.14 bits per heavy atom. The summed E-state index contributed by atoms with van der Waals surface area (Å²) in [5, 5.41) is 5.26. The van der Waals surface area contributed by atoms with Gasteiger partial charge in [0.15, 0.2) is 0 Å². The number of hydrogen-bond acceptors (Lipinski definition) is 3. The maximum absolute atomic E-state index is 12.1. The minimum Gasteiger partial charge on any atom is -0.272 e. The molecular formula is C17H22N2O2. The summed E-state index contributed by atoms with van der Waals surface area (Å²) in [6.07, 6.45) is 6.02. The van der Waals surface area contributed by atoms with Crippen LogP contribution < -0.4 is 0 Å². The molecule has 21 heavy (non-hydrogen) atoms. The highest BCUT2D eigenvalue weighted by atomic mass is 16.2. The molecule has 0 fully saturated rings. The number of rotatable bonds is 7. The van der Waals surface area contributed by atoms with Gasteiger partial charge in [0.1, 0.15) is 0 Å². The third-order valence-electron chi connectivity index (χ3n) is 3.61. The second-order valence-electron chi connectivity index (χ2n) is 5.35. The Labute approximate surface area is 125 Å². The summed E-state index contributed by atoms with van der Waals surface area (Å²) in [7, 11) is 0. The van der Waals surface area contributed by atoms with E-state index in [0.717, 1.165) is 29.8 Å². The van der Waals surface area contributed by atoms with Crippen LogP contribution in [0.2, 0.25) is 0 Å². The smallest absolute Gasteiger partial charge is 0.256 e. The molecule has 0 atom stereocenters. The molecule has 1 heterocycles. The van der Waals surface area contributed by atoms with E-state index in [1.165, 1.54) is 12.8 Å². The fourth-order valence-corrected chi connectivity index (χ4v) is 2.40. The van der Waals surface area contributed by atoms with E-state index in [2.05, 4.69) is 12.0 Å². The topological polar surface area (TPSA) is 49.7 Å². The lowest BCUT2D eigenvalue weighted by Crippen LogP contribution is -2.28. The third-order valence-corrected chi connectivity index (χ3v) is 3.61. The van der Waals surface area contributed by atoms with Crippen LogP contribution in [0.15, 0.2) is 35.4 Å². The molecule has 1 aliphatic heterocycles. The summed E-state index contributed by atoms with van der Waals surface area (Å²) >= 11 is 0. The lowest BCUT2D eigenvalue weighted by molar-refractivity contribution is -0.143. The van der Waals surface area contributed by atoms with Crippen LogP contribution in [0.3, 0.4) is 0 Å². The largest absolute Gasteiger partial charge is 0.272 e. The SMILES string of the molecule is CCCCCCCC(=O)N1N=C(c2ccccc2)CC1=O. The summed E-state index contributed by atoms with van der Waals surface area (Å²) in [5.41, 5.74) is 1.59. The van der Waals surface area contributed by atoms with Crippen molar-refractivity contribution < 1.29 is 9.59 Å². The molecule has 2 rings (SSSR count). The Hall–Kier alpha value is -1.97. The fraction of sp³-hybridized carbons (Fsp3) is 0.471. The Morgan fingerprint density at radius 3 is 2.57 bits per heavy atom. The summed E-state index contributed by atoms with van der Waals surface area (Å²) in [6, 6.07) is 9.54. The predicted octanol–water partition coefficient (Wildman–Crippen LogP) is 3.51. The van der Waals surface area contributed by atoms with Crippen molar-refractivity contribution in [1.29, 1.82) is 0 Å². The van der Waals surface area contributed by atoms with Gasteiger partial charge in [-0.3, -0.25) is 9.59 Å². The van der Waals surface area contributed by atoms with Crippen molar-refractivity contribution in [3.8, 4) is 0 Å². The molecule has 0 spiro atoms. The summed E-state index contributed by atoms with van der Waals surface area (Å²) in [5.74, 6) is -0.394. The number of hydrazone groups is 1. The predicted molar refractivity (Wildman–Crippen MR) is 82.8 cm³/mol. The number of unbranched alkanes of at least 4 members (excludes halogenated alkanes) is 4. The molecule has 0 saturated carbocycles. The van der Waals surface area contributed by atoms with Crippen molar-refractivity contribution >= 4 is 17.5 Å². The van der Waals surface area contributed by atoms with Crippen LogP contribution in [0.4, 0.5) is 0 Å². The van der Waals surface area contributed by atoms with Crippen LogP contribution in [-0.4, -0.2) is 22.5 Å². The molecule has 1 aromatic carbocycles. The van der Waals surface area contributed by atoms with E-state index in [0.29, 0.717) is 12.1 Å². The molecule has 0 aromatic heterocycles. The van der Waals surface area contributed by atoms with E-state index >= 15 is 0 Å². The highest BCUT2D eigenvalue weighted by Gasteiger charge is 2.29. The standard InChI is InChI=1S/C17H22N2O2/c1-2-3-4-5-9-12-16(20)19-17(21)13-15(18-19)14-10-7-6-8-11-14/h6-8,10-11H,2-5,9,12-13H2,1H3. The monoisotopic (exact) mass is 286 g/mol. The van der Waals surface area contributed by atoms with Gasteiger partial charge >= 0.3 is 0 Å². The second kappa shape index (κ2) is 7.72. The molecule has 0 aliphatic carbocycles. The molecule has 0 unspecified atom stereocenters. The fourth-order valence-electron chi connectivity index (χ4n) is 2.40. The van der Waals surface area contributed by atoms with Gasteiger partial charge in [0.2, 0.25) is 5.91 Å². The molecule has 2 amide bonds. The summed E-state index contributed by atoms with van der Waals surface area (Å²) in [4.78, 5) is 24.0. The second-order valence-corrected chi connectivity index (χ2v) is 5.35. The van der Waals surface area contributed by atoms with E-state index < -0.39 is 0 Å². The van der Waals surface area contributed by atoms with E-state index in [9.17, 15) is 9.59 Å². The van der Waals surface area contributed by atoms with Gasteiger partial charge in [-0.1, -0.05) is 62.9 Å². The number of benzene rings is 1. The summed E-state index contributed by atoms with van der Waals surface area (Å²) in [6.45, 7) is 2.16. The van der Waals surface area contributed by atoms with Gasteiger partial charge in [0.25, 0.3) is 5.91 Å². The molecule has 0 bridgehead atoms. The average molecular weight is 286 g/mol. The van der Waals surface area contributed by atoms with E-state index in [-0.39, 0.29) is 18.2 Å². The third kappa shape index (κ3) is 4.25. The highest BCUT2D eigenvalue weighted by Crippen LogP contribution is 2.17. The van der Waals surface area contributed by atoms with Crippen LogP contribution >= 0.6 is 0 Å². The van der Waals surface area contributed by atoms with Crippen LogP contribution in [-0.2, 0) is 9.59 Å². The van der Waals surface area contributed by atoms with Gasteiger partial charge in [0.05, 0.1) is 12.1 Å². The van der Waals surface area contributed by atoms with E-state index in [1.807, 2.05) is 30.3 Å². The van der Waals surface area contributed by atoms with Crippen LogP contribution in [0.5, 0.6) is 0 Å². The van der Waals surface area contributed by atoms with Gasteiger partial charge in [-0.15, -0.1) is 0 Å². The van der Waals surface area contributed by atoms with Crippen molar-refractivity contribution in [3.63, 3.8) is 0 Å². The molecule has 1 aromatic rings. The van der Waals surface area contributed by atoms with Crippen molar-refractivity contribution in [2.75, 3.05) is 0 Å². The Kier molecular flexibility index (Phi) is 5.67. The first-order valence-electron chi connectivity index (χ1n) is 7.71. The number of carbonyl (C=O) groups is 2. The van der Waals surface area contributed by atoms with Crippen LogP contribution in [0.1, 0.15) is 57.4 Å². The van der Waals surface area contributed by atoms with Gasteiger partial charge < -0.3 is 0 Å². The highest BCUT2D eigenvalue weighted by molar-refractivity contribution is 6.17. The van der Waals surface area contributed by atoms with Gasteiger partial charge in [-0.2, -0.15) is 10.1 Å². The molecule has 0 radical (unpaired) electrons. The average Bonchev–Trinajstić information content (AvgIpc) is 2.90. The number of carbonyl (C=O) groups excluding carboxylic acids is 2. The molecule has 1 aliphatic rings. The minimum atomic E-state index is -0.215. The lowest BCUT2D eigenvalue weighted by Gasteiger charge is -2.09. The Balaban J connectivity index is 1.89. The quantitative estimate of drug-likeness (QED) is 0.720. The zero-order valence-electron chi connectivity index (χ0n) is 12.5. The molecule has 112 valence electrons. The first-order chi connectivity index (χ1) is 10.2. The van der Waals surface area contributed by atoms with Crippen LogP contribution in [0.25, 0.3) is 0 Å².